The summed E-state index contributed by atoms with van der Waals surface area (Å²) >= 11 is 3.39. The Labute approximate surface area is 176 Å². The maximum absolute atomic E-state index is 11.5. The van der Waals surface area contributed by atoms with Gasteiger partial charge in [-0.25, -0.2) is 0 Å². The topological polar surface area (TPSA) is 48.0 Å². The summed E-state index contributed by atoms with van der Waals surface area (Å²) in [5.41, 5.74) is -0.711. The van der Waals surface area contributed by atoms with Gasteiger partial charge in [0.2, 0.25) is 0 Å². The number of carbonyl (C=O) groups excluding carboxylic acids is 1. The molecule has 1 saturated heterocycles. The van der Waals surface area contributed by atoms with Gasteiger partial charge < -0.3 is 19.1 Å². The van der Waals surface area contributed by atoms with E-state index in [4.69, 9.17) is 14.2 Å². The SMILES string of the molecule is CCOCCN1CCC(C#CCOc2ccc(Br)cc2)(OC(C)=O)CC1.Cl. The fraction of sp³-hybridized carbons (Fsp3) is 0.550. The summed E-state index contributed by atoms with van der Waals surface area (Å²) in [5.74, 6) is 6.64. The first-order valence-electron chi connectivity index (χ1n) is 8.91. The summed E-state index contributed by atoms with van der Waals surface area (Å²) in [4.78, 5) is 13.9. The maximum atomic E-state index is 11.5. The third-order valence-electron chi connectivity index (χ3n) is 4.20. The van der Waals surface area contributed by atoms with E-state index in [9.17, 15) is 4.79 Å². The number of carbonyl (C=O) groups is 1. The zero-order chi connectivity index (χ0) is 18.8. The lowest BCUT2D eigenvalue weighted by Gasteiger charge is -2.37. The van der Waals surface area contributed by atoms with Crippen LogP contribution in [-0.2, 0) is 14.3 Å². The van der Waals surface area contributed by atoms with Crippen molar-refractivity contribution >= 4 is 34.3 Å². The number of benzene rings is 1. The Morgan fingerprint density at radius 1 is 1.26 bits per heavy atom. The lowest BCUT2D eigenvalue weighted by molar-refractivity contribution is -0.155. The van der Waals surface area contributed by atoms with Gasteiger partial charge in [0, 0.05) is 50.5 Å². The highest BCUT2D eigenvalue weighted by molar-refractivity contribution is 9.10. The Kier molecular flexibility index (Phi) is 10.8. The van der Waals surface area contributed by atoms with E-state index in [1.807, 2.05) is 31.2 Å². The average Bonchev–Trinajstić information content (AvgIpc) is 2.62. The van der Waals surface area contributed by atoms with Crippen molar-refractivity contribution in [3.63, 3.8) is 0 Å². The summed E-state index contributed by atoms with van der Waals surface area (Å²) < 4.78 is 17.6. The van der Waals surface area contributed by atoms with Crippen molar-refractivity contribution in [1.82, 2.24) is 4.90 Å². The van der Waals surface area contributed by atoms with Crippen LogP contribution in [0.15, 0.2) is 28.7 Å². The van der Waals surface area contributed by atoms with Gasteiger partial charge in [-0.2, -0.15) is 0 Å². The standard InChI is InChI=1S/C20H26BrNO4.ClH/c1-3-24-16-14-22-12-10-20(11-13-22,26-17(2)23)9-4-15-25-19-7-5-18(21)6-8-19;/h5-8H,3,10-16H2,1-2H3;1H. The van der Waals surface area contributed by atoms with E-state index in [-0.39, 0.29) is 25.0 Å². The summed E-state index contributed by atoms with van der Waals surface area (Å²) in [7, 11) is 0. The van der Waals surface area contributed by atoms with Gasteiger partial charge in [-0.3, -0.25) is 4.79 Å². The molecule has 7 heteroatoms. The van der Waals surface area contributed by atoms with Crippen LogP contribution in [0, 0.1) is 11.8 Å². The molecular formula is C20H27BrClNO4. The highest BCUT2D eigenvalue weighted by Gasteiger charge is 2.35. The van der Waals surface area contributed by atoms with Gasteiger partial charge in [0.05, 0.1) is 6.61 Å². The van der Waals surface area contributed by atoms with Gasteiger partial charge >= 0.3 is 5.97 Å². The van der Waals surface area contributed by atoms with Crippen LogP contribution in [0.25, 0.3) is 0 Å². The molecule has 0 atom stereocenters. The number of rotatable bonds is 7. The Morgan fingerprint density at radius 2 is 1.93 bits per heavy atom. The first-order chi connectivity index (χ1) is 12.5. The summed E-state index contributed by atoms with van der Waals surface area (Å²) in [6, 6.07) is 7.59. The molecule has 0 aromatic heterocycles. The molecule has 2 rings (SSSR count). The molecule has 0 saturated carbocycles. The van der Waals surface area contributed by atoms with E-state index in [0.29, 0.717) is 12.8 Å². The van der Waals surface area contributed by atoms with E-state index < -0.39 is 5.60 Å². The Bertz CT molecular complexity index is 634. The molecule has 0 radical (unpaired) electrons. The summed E-state index contributed by atoms with van der Waals surface area (Å²) in [6.07, 6.45) is 1.40. The molecule has 0 aliphatic carbocycles. The van der Waals surface area contributed by atoms with Crippen molar-refractivity contribution in [1.29, 1.82) is 0 Å². The van der Waals surface area contributed by atoms with Crippen molar-refractivity contribution in [3.8, 4) is 17.6 Å². The number of nitrogens with zero attached hydrogens (tertiary/aromatic N) is 1. The molecular weight excluding hydrogens is 434 g/mol. The lowest BCUT2D eigenvalue weighted by atomic mass is 9.91. The highest BCUT2D eigenvalue weighted by Crippen LogP contribution is 2.26. The van der Waals surface area contributed by atoms with Gasteiger partial charge in [-0.1, -0.05) is 27.8 Å². The number of hydrogen-bond donors (Lipinski definition) is 0. The van der Waals surface area contributed by atoms with Gasteiger partial charge in [-0.05, 0) is 31.2 Å². The molecule has 0 bridgehead atoms. The fourth-order valence-corrected chi connectivity index (χ4v) is 3.12. The van der Waals surface area contributed by atoms with Crippen LogP contribution in [-0.4, -0.2) is 55.9 Å². The summed E-state index contributed by atoms with van der Waals surface area (Å²) in [5, 5.41) is 0. The Hall–Kier alpha value is -1.26. The zero-order valence-corrected chi connectivity index (χ0v) is 18.2. The normalized spacial score (nSPS) is 15.8. The first-order valence-corrected chi connectivity index (χ1v) is 9.70. The first kappa shape index (κ1) is 23.8. The molecule has 1 aliphatic rings. The largest absolute Gasteiger partial charge is 0.481 e. The minimum Gasteiger partial charge on any atom is -0.481 e. The molecule has 1 fully saturated rings. The second-order valence-electron chi connectivity index (χ2n) is 6.17. The minimum absolute atomic E-state index is 0. The molecule has 0 N–H and O–H groups in total. The Balaban J connectivity index is 0.00000364. The molecule has 1 aromatic rings. The van der Waals surface area contributed by atoms with Gasteiger partial charge in [0.15, 0.2) is 5.60 Å². The predicted molar refractivity (Wildman–Crippen MR) is 111 cm³/mol. The van der Waals surface area contributed by atoms with Crippen LogP contribution in [0.3, 0.4) is 0 Å². The average molecular weight is 461 g/mol. The zero-order valence-electron chi connectivity index (χ0n) is 15.8. The molecule has 5 nitrogen and oxygen atoms in total. The molecule has 1 heterocycles. The van der Waals surface area contributed by atoms with Crippen LogP contribution in [0.4, 0.5) is 0 Å². The Morgan fingerprint density at radius 3 is 2.52 bits per heavy atom. The third kappa shape index (κ3) is 8.52. The lowest BCUT2D eigenvalue weighted by Crippen LogP contribution is -2.47. The highest BCUT2D eigenvalue weighted by atomic mass is 79.9. The molecule has 0 amide bonds. The quantitative estimate of drug-likeness (QED) is 0.353. The van der Waals surface area contributed by atoms with Crippen molar-refractivity contribution in [2.45, 2.75) is 32.3 Å². The van der Waals surface area contributed by atoms with Crippen LogP contribution in [0.2, 0.25) is 0 Å². The van der Waals surface area contributed by atoms with Crippen molar-refractivity contribution in [2.24, 2.45) is 0 Å². The van der Waals surface area contributed by atoms with Crippen molar-refractivity contribution in [3.05, 3.63) is 28.7 Å². The van der Waals surface area contributed by atoms with E-state index in [0.717, 1.165) is 43.1 Å². The molecule has 0 spiro atoms. The van der Waals surface area contributed by atoms with Crippen LogP contribution in [0.1, 0.15) is 26.7 Å². The maximum Gasteiger partial charge on any atom is 0.304 e. The summed E-state index contributed by atoms with van der Waals surface area (Å²) in [6.45, 7) is 7.71. The monoisotopic (exact) mass is 459 g/mol. The second kappa shape index (κ2) is 12.2. The van der Waals surface area contributed by atoms with Gasteiger partial charge in [-0.15, -0.1) is 12.4 Å². The number of hydrogen-bond acceptors (Lipinski definition) is 5. The fourth-order valence-electron chi connectivity index (χ4n) is 2.85. The number of esters is 1. The number of halogens is 2. The predicted octanol–water partition coefficient (Wildman–Crippen LogP) is 3.69. The van der Waals surface area contributed by atoms with Gasteiger partial charge in [0.1, 0.15) is 12.4 Å². The number of likely N-dealkylation sites (tertiary alicyclic amines) is 1. The van der Waals surface area contributed by atoms with Gasteiger partial charge in [0.25, 0.3) is 0 Å². The minimum atomic E-state index is -0.711. The smallest absolute Gasteiger partial charge is 0.304 e. The van der Waals surface area contributed by atoms with E-state index in [2.05, 4.69) is 32.7 Å². The molecule has 150 valence electrons. The molecule has 27 heavy (non-hydrogen) atoms. The third-order valence-corrected chi connectivity index (χ3v) is 4.73. The van der Waals surface area contributed by atoms with Crippen LogP contribution < -0.4 is 4.74 Å². The van der Waals surface area contributed by atoms with E-state index in [1.54, 1.807) is 0 Å². The van der Waals surface area contributed by atoms with Crippen LogP contribution in [0.5, 0.6) is 5.75 Å². The van der Waals surface area contributed by atoms with Crippen LogP contribution >= 0.6 is 28.3 Å². The number of ether oxygens (including phenoxy) is 3. The van der Waals surface area contributed by atoms with E-state index in [1.165, 1.54) is 6.92 Å². The van der Waals surface area contributed by atoms with Crippen molar-refractivity contribution < 1.29 is 19.0 Å². The molecule has 0 unspecified atom stereocenters. The van der Waals surface area contributed by atoms with Crippen molar-refractivity contribution in [2.75, 3.05) is 39.5 Å². The molecule has 1 aliphatic heterocycles. The number of piperidine rings is 1. The second-order valence-corrected chi connectivity index (χ2v) is 7.09. The molecule has 1 aromatic carbocycles. The van der Waals surface area contributed by atoms with E-state index >= 15 is 0 Å².